The van der Waals surface area contributed by atoms with Crippen molar-refractivity contribution in [3.05, 3.63) is 71.8 Å². The van der Waals surface area contributed by atoms with Crippen molar-refractivity contribution in [1.82, 2.24) is 4.90 Å². The standard InChI is InChI=1S/C21H29NO/c1-3-18(2)22(15-20-12-8-5-9-13-20)16-21(17-23)14-19-10-6-4-7-11-19/h4-13,18,21,23H,3,14-17H2,1-2H3/t18-,21?/m0/s1. The predicted molar refractivity (Wildman–Crippen MR) is 97.3 cm³/mol. The zero-order chi connectivity index (χ0) is 16.5. The van der Waals surface area contributed by atoms with E-state index in [1.807, 2.05) is 6.07 Å². The van der Waals surface area contributed by atoms with E-state index in [1.165, 1.54) is 11.1 Å². The van der Waals surface area contributed by atoms with Crippen LogP contribution in [0.4, 0.5) is 0 Å². The van der Waals surface area contributed by atoms with Crippen LogP contribution in [0.15, 0.2) is 60.7 Å². The second kappa shape index (κ2) is 9.49. The smallest absolute Gasteiger partial charge is 0.0474 e. The summed E-state index contributed by atoms with van der Waals surface area (Å²) in [6, 6.07) is 21.6. The third-order valence-corrected chi connectivity index (χ3v) is 4.56. The monoisotopic (exact) mass is 311 g/mol. The number of aliphatic hydroxyl groups excluding tert-OH is 1. The van der Waals surface area contributed by atoms with Crippen LogP contribution in [0.25, 0.3) is 0 Å². The molecule has 2 rings (SSSR count). The molecule has 0 saturated heterocycles. The number of hydrogen-bond acceptors (Lipinski definition) is 2. The number of aliphatic hydroxyl groups is 1. The van der Waals surface area contributed by atoms with Crippen molar-refractivity contribution in [3.63, 3.8) is 0 Å². The van der Waals surface area contributed by atoms with E-state index in [1.54, 1.807) is 0 Å². The van der Waals surface area contributed by atoms with Crippen molar-refractivity contribution in [2.45, 2.75) is 39.3 Å². The van der Waals surface area contributed by atoms with Crippen LogP contribution in [0.2, 0.25) is 0 Å². The van der Waals surface area contributed by atoms with E-state index < -0.39 is 0 Å². The second-order valence-electron chi connectivity index (χ2n) is 6.41. The number of nitrogens with zero attached hydrogens (tertiary/aromatic N) is 1. The Balaban J connectivity index is 2.03. The lowest BCUT2D eigenvalue weighted by atomic mass is 9.98. The summed E-state index contributed by atoms with van der Waals surface area (Å²) in [5.41, 5.74) is 2.64. The highest BCUT2D eigenvalue weighted by atomic mass is 16.3. The Bertz CT molecular complexity index is 540. The molecular formula is C21H29NO. The van der Waals surface area contributed by atoms with E-state index in [9.17, 15) is 5.11 Å². The Labute approximate surface area is 140 Å². The summed E-state index contributed by atoms with van der Waals surface area (Å²) in [7, 11) is 0. The molecular weight excluding hydrogens is 282 g/mol. The molecule has 0 aliphatic heterocycles. The molecule has 23 heavy (non-hydrogen) atoms. The molecule has 0 heterocycles. The van der Waals surface area contributed by atoms with Gasteiger partial charge < -0.3 is 5.11 Å². The SMILES string of the molecule is CC[C@H](C)N(Cc1ccccc1)CC(CO)Cc1ccccc1. The highest BCUT2D eigenvalue weighted by molar-refractivity contribution is 5.16. The third-order valence-electron chi connectivity index (χ3n) is 4.56. The molecule has 0 saturated carbocycles. The largest absolute Gasteiger partial charge is 0.396 e. The number of rotatable bonds is 9. The molecule has 0 amide bonds. The first-order valence-electron chi connectivity index (χ1n) is 8.65. The van der Waals surface area contributed by atoms with E-state index in [2.05, 4.69) is 73.3 Å². The molecule has 2 nitrogen and oxygen atoms in total. The second-order valence-corrected chi connectivity index (χ2v) is 6.41. The molecule has 0 aromatic heterocycles. The molecule has 1 unspecified atom stereocenters. The quantitative estimate of drug-likeness (QED) is 0.752. The van der Waals surface area contributed by atoms with Crippen LogP contribution >= 0.6 is 0 Å². The molecule has 0 aliphatic carbocycles. The molecule has 0 bridgehead atoms. The van der Waals surface area contributed by atoms with Gasteiger partial charge in [-0.3, -0.25) is 4.90 Å². The maximum absolute atomic E-state index is 9.83. The van der Waals surface area contributed by atoms with E-state index in [0.717, 1.165) is 25.9 Å². The van der Waals surface area contributed by atoms with Gasteiger partial charge in [0.05, 0.1) is 0 Å². The van der Waals surface area contributed by atoms with Crippen LogP contribution in [0.5, 0.6) is 0 Å². The van der Waals surface area contributed by atoms with Gasteiger partial charge in [0.15, 0.2) is 0 Å². The average Bonchev–Trinajstić information content (AvgIpc) is 2.61. The average molecular weight is 311 g/mol. The van der Waals surface area contributed by atoms with Gasteiger partial charge >= 0.3 is 0 Å². The summed E-state index contributed by atoms with van der Waals surface area (Å²) in [4.78, 5) is 2.50. The Morgan fingerprint density at radius 2 is 1.48 bits per heavy atom. The predicted octanol–water partition coefficient (Wildman–Crippen LogP) is 4.14. The van der Waals surface area contributed by atoms with Crippen LogP contribution in [-0.2, 0) is 13.0 Å². The van der Waals surface area contributed by atoms with Gasteiger partial charge in [-0.1, -0.05) is 67.6 Å². The Morgan fingerprint density at radius 1 is 0.913 bits per heavy atom. The van der Waals surface area contributed by atoms with Gasteiger partial charge in [-0.25, -0.2) is 0 Å². The molecule has 2 aromatic carbocycles. The fourth-order valence-corrected chi connectivity index (χ4v) is 2.94. The van der Waals surface area contributed by atoms with E-state index >= 15 is 0 Å². The lowest BCUT2D eigenvalue weighted by Gasteiger charge is -2.31. The molecule has 2 aromatic rings. The first-order valence-corrected chi connectivity index (χ1v) is 8.65. The van der Waals surface area contributed by atoms with Crippen LogP contribution in [0.3, 0.4) is 0 Å². The van der Waals surface area contributed by atoms with Crippen molar-refractivity contribution >= 4 is 0 Å². The topological polar surface area (TPSA) is 23.5 Å². The van der Waals surface area contributed by atoms with Crippen LogP contribution < -0.4 is 0 Å². The van der Waals surface area contributed by atoms with Gasteiger partial charge in [0.25, 0.3) is 0 Å². The van der Waals surface area contributed by atoms with Crippen LogP contribution in [-0.4, -0.2) is 29.2 Å². The first-order chi connectivity index (χ1) is 11.2. The summed E-state index contributed by atoms with van der Waals surface area (Å²) in [6.45, 7) is 6.61. The molecule has 1 N–H and O–H groups in total. The molecule has 0 aliphatic rings. The van der Waals surface area contributed by atoms with Gasteiger partial charge in [0.1, 0.15) is 0 Å². The summed E-state index contributed by atoms with van der Waals surface area (Å²) in [5.74, 6) is 0.273. The molecule has 0 fully saturated rings. The van der Waals surface area contributed by atoms with Crippen molar-refractivity contribution in [2.75, 3.05) is 13.2 Å². The minimum atomic E-state index is 0.233. The van der Waals surface area contributed by atoms with Crippen LogP contribution in [0.1, 0.15) is 31.4 Å². The molecule has 2 atom stereocenters. The lowest BCUT2D eigenvalue weighted by Crippen LogP contribution is -2.38. The summed E-state index contributed by atoms with van der Waals surface area (Å²) in [5, 5.41) is 9.83. The minimum absolute atomic E-state index is 0.233. The van der Waals surface area contributed by atoms with Crippen molar-refractivity contribution < 1.29 is 5.11 Å². The Morgan fingerprint density at radius 3 is 2.00 bits per heavy atom. The fourth-order valence-electron chi connectivity index (χ4n) is 2.94. The molecule has 0 radical (unpaired) electrons. The van der Waals surface area contributed by atoms with E-state index in [4.69, 9.17) is 0 Å². The maximum atomic E-state index is 9.83. The van der Waals surface area contributed by atoms with Gasteiger partial charge in [-0.15, -0.1) is 0 Å². The van der Waals surface area contributed by atoms with Crippen molar-refractivity contribution in [1.29, 1.82) is 0 Å². The summed E-state index contributed by atoms with van der Waals surface area (Å²) < 4.78 is 0. The number of benzene rings is 2. The molecule has 0 spiro atoms. The fraction of sp³-hybridized carbons (Fsp3) is 0.429. The zero-order valence-electron chi connectivity index (χ0n) is 14.4. The summed E-state index contributed by atoms with van der Waals surface area (Å²) >= 11 is 0. The summed E-state index contributed by atoms with van der Waals surface area (Å²) in [6.07, 6.45) is 2.05. The first kappa shape index (κ1) is 17.7. The van der Waals surface area contributed by atoms with E-state index in [0.29, 0.717) is 6.04 Å². The van der Waals surface area contributed by atoms with Crippen molar-refractivity contribution in [3.8, 4) is 0 Å². The van der Waals surface area contributed by atoms with Gasteiger partial charge in [0.2, 0.25) is 0 Å². The molecule has 2 heteroatoms. The minimum Gasteiger partial charge on any atom is -0.396 e. The van der Waals surface area contributed by atoms with Gasteiger partial charge in [-0.05, 0) is 36.8 Å². The highest BCUT2D eigenvalue weighted by Gasteiger charge is 2.18. The van der Waals surface area contributed by atoms with Crippen LogP contribution in [0, 0.1) is 5.92 Å². The van der Waals surface area contributed by atoms with E-state index in [-0.39, 0.29) is 12.5 Å². The van der Waals surface area contributed by atoms with Gasteiger partial charge in [0, 0.05) is 25.7 Å². The third kappa shape index (κ3) is 5.81. The van der Waals surface area contributed by atoms with Gasteiger partial charge in [-0.2, -0.15) is 0 Å². The zero-order valence-corrected chi connectivity index (χ0v) is 14.4. The lowest BCUT2D eigenvalue weighted by molar-refractivity contribution is 0.126. The normalized spacial score (nSPS) is 13.9. The molecule has 124 valence electrons. The Kier molecular flexibility index (Phi) is 7.31. The number of hydrogen-bond donors (Lipinski definition) is 1. The highest BCUT2D eigenvalue weighted by Crippen LogP contribution is 2.16. The maximum Gasteiger partial charge on any atom is 0.0474 e. The van der Waals surface area contributed by atoms with Crippen molar-refractivity contribution in [2.24, 2.45) is 5.92 Å². The Hall–Kier alpha value is -1.64.